The van der Waals surface area contributed by atoms with Crippen LogP contribution in [0.15, 0.2) is 16.7 Å². The second-order valence-electron chi connectivity index (χ2n) is 4.35. The van der Waals surface area contributed by atoms with Crippen molar-refractivity contribution in [1.29, 1.82) is 0 Å². The molecule has 0 radical (unpaired) electrons. The number of hydrogen-bond acceptors (Lipinski definition) is 5. The second kappa shape index (κ2) is 8.89. The number of anilines is 1. The van der Waals surface area contributed by atoms with Crippen LogP contribution >= 0.6 is 15.9 Å². The van der Waals surface area contributed by atoms with E-state index in [1.807, 2.05) is 7.05 Å². The van der Waals surface area contributed by atoms with E-state index in [1.165, 1.54) is 0 Å². The second-order valence-corrected chi connectivity index (χ2v) is 5.27. The standard InChI is InChI=1S/C13H21BrN4O2/c1-15-12-11(8-10(14)9-17-12)13(19)16-4-5-18(2)6-7-20-3/h8-9H,4-7H2,1-3H3,(H,15,17)(H,16,19). The van der Waals surface area contributed by atoms with Crippen molar-refractivity contribution in [1.82, 2.24) is 15.2 Å². The zero-order chi connectivity index (χ0) is 15.0. The van der Waals surface area contributed by atoms with Crippen molar-refractivity contribution < 1.29 is 9.53 Å². The zero-order valence-corrected chi connectivity index (χ0v) is 13.7. The normalized spacial score (nSPS) is 10.7. The third-order valence-corrected chi connectivity index (χ3v) is 3.23. The molecule has 1 rings (SSSR count). The molecule has 0 atom stereocenters. The maximum atomic E-state index is 12.1. The zero-order valence-electron chi connectivity index (χ0n) is 12.1. The highest BCUT2D eigenvalue weighted by Gasteiger charge is 2.12. The van der Waals surface area contributed by atoms with Crippen LogP contribution in [0.25, 0.3) is 0 Å². The average Bonchev–Trinajstić information content (AvgIpc) is 2.44. The Kier molecular flexibility index (Phi) is 7.50. The predicted octanol–water partition coefficient (Wildman–Crippen LogP) is 1.19. The first-order chi connectivity index (χ1) is 9.58. The summed E-state index contributed by atoms with van der Waals surface area (Å²) in [5.41, 5.74) is 0.529. The number of likely N-dealkylation sites (N-methyl/N-ethyl adjacent to an activating group) is 1. The number of pyridine rings is 1. The molecule has 0 spiro atoms. The minimum atomic E-state index is -0.136. The number of nitrogens with zero attached hydrogens (tertiary/aromatic N) is 2. The number of methoxy groups -OCH3 is 1. The Morgan fingerprint density at radius 3 is 2.90 bits per heavy atom. The molecule has 112 valence electrons. The number of halogens is 1. The highest BCUT2D eigenvalue weighted by molar-refractivity contribution is 9.10. The fourth-order valence-corrected chi connectivity index (χ4v) is 1.96. The summed E-state index contributed by atoms with van der Waals surface area (Å²) in [6.45, 7) is 2.87. The molecular weight excluding hydrogens is 324 g/mol. The van der Waals surface area contributed by atoms with Crippen molar-refractivity contribution >= 4 is 27.7 Å². The Hall–Kier alpha value is -1.18. The molecule has 1 aromatic rings. The van der Waals surface area contributed by atoms with Crippen LogP contribution in [0, 0.1) is 0 Å². The lowest BCUT2D eigenvalue weighted by atomic mass is 10.2. The fraction of sp³-hybridized carbons (Fsp3) is 0.538. The van der Waals surface area contributed by atoms with Gasteiger partial charge in [0.25, 0.3) is 5.91 Å². The van der Waals surface area contributed by atoms with E-state index in [0.717, 1.165) is 17.6 Å². The molecule has 6 nitrogen and oxygen atoms in total. The van der Waals surface area contributed by atoms with E-state index in [0.29, 0.717) is 24.5 Å². The number of aromatic nitrogens is 1. The van der Waals surface area contributed by atoms with Crippen LogP contribution in [0.5, 0.6) is 0 Å². The molecule has 1 amide bonds. The summed E-state index contributed by atoms with van der Waals surface area (Å²) in [5.74, 6) is 0.432. The fourth-order valence-electron chi connectivity index (χ4n) is 1.63. The van der Waals surface area contributed by atoms with Gasteiger partial charge in [-0.15, -0.1) is 0 Å². The van der Waals surface area contributed by atoms with Gasteiger partial charge < -0.3 is 20.3 Å². The van der Waals surface area contributed by atoms with Crippen LogP contribution in [0.1, 0.15) is 10.4 Å². The lowest BCUT2D eigenvalue weighted by Gasteiger charge is -2.16. The Balaban J connectivity index is 2.49. The highest BCUT2D eigenvalue weighted by Crippen LogP contribution is 2.17. The quantitative estimate of drug-likeness (QED) is 0.741. The molecule has 0 bridgehead atoms. The van der Waals surface area contributed by atoms with E-state index in [9.17, 15) is 4.79 Å². The summed E-state index contributed by atoms with van der Waals surface area (Å²) in [5, 5.41) is 5.80. The van der Waals surface area contributed by atoms with Crippen LogP contribution in [0.4, 0.5) is 5.82 Å². The topological polar surface area (TPSA) is 66.5 Å². The van der Waals surface area contributed by atoms with Gasteiger partial charge in [-0.3, -0.25) is 4.79 Å². The maximum Gasteiger partial charge on any atom is 0.255 e. The molecule has 20 heavy (non-hydrogen) atoms. The van der Waals surface area contributed by atoms with E-state index in [2.05, 4.69) is 36.4 Å². The molecule has 0 aromatic carbocycles. The molecular formula is C13H21BrN4O2. The van der Waals surface area contributed by atoms with Crippen LogP contribution < -0.4 is 10.6 Å². The van der Waals surface area contributed by atoms with Gasteiger partial charge in [0.1, 0.15) is 5.82 Å². The number of hydrogen-bond donors (Lipinski definition) is 2. The summed E-state index contributed by atoms with van der Waals surface area (Å²) < 4.78 is 5.78. The van der Waals surface area contributed by atoms with Gasteiger partial charge in [-0.25, -0.2) is 4.98 Å². The first-order valence-electron chi connectivity index (χ1n) is 6.37. The lowest BCUT2D eigenvalue weighted by Crippen LogP contribution is -2.34. The molecule has 0 aliphatic heterocycles. The highest BCUT2D eigenvalue weighted by atomic mass is 79.9. The Labute approximate surface area is 128 Å². The first-order valence-corrected chi connectivity index (χ1v) is 7.16. The summed E-state index contributed by atoms with van der Waals surface area (Å²) in [7, 11) is 5.41. The van der Waals surface area contributed by atoms with Crippen molar-refractivity contribution in [2.45, 2.75) is 0 Å². The average molecular weight is 345 g/mol. The van der Waals surface area contributed by atoms with Crippen molar-refractivity contribution in [3.05, 3.63) is 22.3 Å². The smallest absolute Gasteiger partial charge is 0.255 e. The van der Waals surface area contributed by atoms with E-state index in [-0.39, 0.29) is 5.91 Å². The number of rotatable bonds is 8. The molecule has 1 aromatic heterocycles. The van der Waals surface area contributed by atoms with Gasteiger partial charge >= 0.3 is 0 Å². The summed E-state index contributed by atoms with van der Waals surface area (Å²) in [6, 6.07) is 1.75. The van der Waals surface area contributed by atoms with Crippen LogP contribution in [0.2, 0.25) is 0 Å². The van der Waals surface area contributed by atoms with Gasteiger partial charge in [-0.2, -0.15) is 0 Å². The van der Waals surface area contributed by atoms with E-state index >= 15 is 0 Å². The molecule has 7 heteroatoms. The third-order valence-electron chi connectivity index (χ3n) is 2.79. The molecule has 0 aliphatic carbocycles. The van der Waals surface area contributed by atoms with Crippen molar-refractivity contribution in [2.75, 3.05) is 52.8 Å². The molecule has 0 saturated heterocycles. The number of ether oxygens (including phenoxy) is 1. The molecule has 0 aliphatic rings. The maximum absolute atomic E-state index is 12.1. The number of carbonyl (C=O) groups excluding carboxylic acids is 1. The van der Waals surface area contributed by atoms with Crippen molar-refractivity contribution in [3.63, 3.8) is 0 Å². The summed E-state index contributed by atoms with van der Waals surface area (Å²) >= 11 is 3.32. The minimum absolute atomic E-state index is 0.136. The van der Waals surface area contributed by atoms with Crippen LogP contribution in [-0.4, -0.2) is 63.2 Å². The van der Waals surface area contributed by atoms with Crippen LogP contribution in [-0.2, 0) is 4.74 Å². The summed E-state index contributed by atoms with van der Waals surface area (Å²) in [4.78, 5) is 18.4. The monoisotopic (exact) mass is 344 g/mol. The SMILES string of the molecule is CNc1ncc(Br)cc1C(=O)NCCN(C)CCOC. The van der Waals surface area contributed by atoms with E-state index in [4.69, 9.17) is 4.74 Å². The first kappa shape index (κ1) is 16.9. The minimum Gasteiger partial charge on any atom is -0.383 e. The number of nitrogens with one attached hydrogen (secondary N) is 2. The Morgan fingerprint density at radius 1 is 1.50 bits per heavy atom. The van der Waals surface area contributed by atoms with Gasteiger partial charge in [0.15, 0.2) is 0 Å². The lowest BCUT2D eigenvalue weighted by molar-refractivity contribution is 0.0948. The molecule has 0 fully saturated rings. The van der Waals surface area contributed by atoms with Gasteiger partial charge in [0.2, 0.25) is 0 Å². The van der Waals surface area contributed by atoms with E-state index < -0.39 is 0 Å². The molecule has 0 saturated carbocycles. The van der Waals surface area contributed by atoms with Gasteiger partial charge in [0.05, 0.1) is 12.2 Å². The predicted molar refractivity (Wildman–Crippen MR) is 83.2 cm³/mol. The van der Waals surface area contributed by atoms with Crippen LogP contribution in [0.3, 0.4) is 0 Å². The number of amides is 1. The summed E-state index contributed by atoms with van der Waals surface area (Å²) in [6.07, 6.45) is 1.65. The largest absolute Gasteiger partial charge is 0.383 e. The Bertz CT molecular complexity index is 442. The molecule has 2 N–H and O–H groups in total. The third kappa shape index (κ3) is 5.44. The van der Waals surface area contributed by atoms with Gasteiger partial charge in [-0.05, 0) is 29.0 Å². The van der Waals surface area contributed by atoms with Crippen molar-refractivity contribution in [3.8, 4) is 0 Å². The molecule has 1 heterocycles. The molecule has 0 unspecified atom stereocenters. The van der Waals surface area contributed by atoms with Gasteiger partial charge in [0, 0.05) is 44.5 Å². The number of carbonyl (C=O) groups is 1. The Morgan fingerprint density at radius 2 is 2.25 bits per heavy atom. The van der Waals surface area contributed by atoms with Gasteiger partial charge in [-0.1, -0.05) is 0 Å². The van der Waals surface area contributed by atoms with E-state index in [1.54, 1.807) is 26.4 Å². The van der Waals surface area contributed by atoms with Crippen molar-refractivity contribution in [2.24, 2.45) is 0 Å².